The quantitative estimate of drug-likeness (QED) is 0.575. The van der Waals surface area contributed by atoms with Crippen LogP contribution in [-0.2, 0) is 17.8 Å². The van der Waals surface area contributed by atoms with E-state index in [9.17, 15) is 14.4 Å². The lowest BCUT2D eigenvalue weighted by Crippen LogP contribution is -2.35. The predicted molar refractivity (Wildman–Crippen MR) is 128 cm³/mol. The molecule has 0 radical (unpaired) electrons. The number of fused-ring (bicyclic) bond motifs is 1. The number of benzene rings is 3. The first kappa shape index (κ1) is 22.0. The Morgan fingerprint density at radius 1 is 0.794 bits per heavy atom. The number of carbonyl (C=O) groups excluding carboxylic acids is 3. The first-order valence-electron chi connectivity index (χ1n) is 11.3. The van der Waals surface area contributed by atoms with Crippen LogP contribution in [0, 0.1) is 0 Å². The standard InChI is InChI=1S/C27H25N3O4/c31-25(28-22-8-4-6-20(16-22)17-29-11-13-34-14-12-29)21-7-3-5-19(15-21)18-30-26(32)23-9-1-2-10-24(23)27(30)33/h1-10,15-16H,11-14,17-18H2,(H,28,31). The Bertz CT molecular complexity index is 1210. The van der Waals surface area contributed by atoms with E-state index in [-0.39, 0.29) is 24.3 Å². The number of morpholine rings is 1. The Morgan fingerprint density at radius 2 is 1.44 bits per heavy atom. The molecule has 0 aliphatic carbocycles. The fraction of sp³-hybridized carbons (Fsp3) is 0.222. The van der Waals surface area contributed by atoms with Crippen LogP contribution in [0.1, 0.15) is 42.2 Å². The van der Waals surface area contributed by atoms with Crippen LogP contribution in [0.15, 0.2) is 72.8 Å². The molecule has 0 aromatic heterocycles. The SMILES string of the molecule is O=C(Nc1cccc(CN2CCOCC2)c1)c1cccc(CN2C(=O)c3ccccc3C2=O)c1. The number of anilines is 1. The normalized spacial score (nSPS) is 15.9. The first-order valence-corrected chi connectivity index (χ1v) is 11.3. The lowest BCUT2D eigenvalue weighted by atomic mass is 10.1. The number of hydrogen-bond acceptors (Lipinski definition) is 5. The van der Waals surface area contributed by atoms with Gasteiger partial charge in [-0.3, -0.25) is 24.2 Å². The van der Waals surface area contributed by atoms with Gasteiger partial charge in [-0.25, -0.2) is 0 Å². The second-order valence-electron chi connectivity index (χ2n) is 8.49. The third kappa shape index (κ3) is 4.62. The van der Waals surface area contributed by atoms with E-state index in [1.807, 2.05) is 30.3 Å². The molecule has 1 saturated heterocycles. The molecular formula is C27H25N3O4. The van der Waals surface area contributed by atoms with Gasteiger partial charge in [-0.1, -0.05) is 36.4 Å². The van der Waals surface area contributed by atoms with Gasteiger partial charge < -0.3 is 10.1 Å². The molecule has 3 amide bonds. The minimum absolute atomic E-state index is 0.114. The summed E-state index contributed by atoms with van der Waals surface area (Å²) in [7, 11) is 0. The largest absolute Gasteiger partial charge is 0.379 e. The van der Waals surface area contributed by atoms with Crippen LogP contribution in [-0.4, -0.2) is 53.8 Å². The van der Waals surface area contributed by atoms with E-state index in [4.69, 9.17) is 4.74 Å². The highest BCUT2D eigenvalue weighted by molar-refractivity contribution is 6.21. The third-order valence-electron chi connectivity index (χ3n) is 6.10. The molecule has 2 aliphatic heterocycles. The van der Waals surface area contributed by atoms with Gasteiger partial charge in [0, 0.05) is 30.9 Å². The van der Waals surface area contributed by atoms with Crippen molar-refractivity contribution < 1.29 is 19.1 Å². The van der Waals surface area contributed by atoms with Crippen molar-refractivity contribution >= 4 is 23.4 Å². The summed E-state index contributed by atoms with van der Waals surface area (Å²) < 4.78 is 5.40. The zero-order chi connectivity index (χ0) is 23.5. The average molecular weight is 456 g/mol. The van der Waals surface area contributed by atoms with Crippen molar-refractivity contribution in [1.29, 1.82) is 0 Å². The highest BCUT2D eigenvalue weighted by Gasteiger charge is 2.35. The monoisotopic (exact) mass is 455 g/mol. The van der Waals surface area contributed by atoms with E-state index >= 15 is 0 Å². The van der Waals surface area contributed by atoms with Crippen LogP contribution in [0.2, 0.25) is 0 Å². The molecule has 1 fully saturated rings. The number of hydrogen-bond donors (Lipinski definition) is 1. The van der Waals surface area contributed by atoms with Crippen molar-refractivity contribution in [2.45, 2.75) is 13.1 Å². The molecule has 0 atom stereocenters. The molecule has 172 valence electrons. The number of amides is 3. The fourth-order valence-electron chi connectivity index (χ4n) is 4.34. The summed E-state index contributed by atoms with van der Waals surface area (Å²) in [5, 5.41) is 2.96. The Labute approximate surface area is 197 Å². The van der Waals surface area contributed by atoms with E-state index in [0.29, 0.717) is 22.3 Å². The molecule has 3 aromatic carbocycles. The summed E-state index contributed by atoms with van der Waals surface area (Å²) in [6, 6.07) is 21.6. The Hall–Kier alpha value is -3.81. The van der Waals surface area contributed by atoms with Gasteiger partial charge in [-0.15, -0.1) is 0 Å². The maximum atomic E-state index is 12.9. The van der Waals surface area contributed by atoms with Gasteiger partial charge in [0.2, 0.25) is 0 Å². The zero-order valence-electron chi connectivity index (χ0n) is 18.7. The molecule has 34 heavy (non-hydrogen) atoms. The van der Waals surface area contributed by atoms with Gasteiger partial charge in [-0.05, 0) is 47.5 Å². The maximum absolute atomic E-state index is 12.9. The summed E-state index contributed by atoms with van der Waals surface area (Å²) in [6.45, 7) is 4.21. The van der Waals surface area contributed by atoms with Crippen molar-refractivity contribution in [3.63, 3.8) is 0 Å². The second-order valence-corrected chi connectivity index (χ2v) is 8.49. The number of rotatable bonds is 6. The van der Waals surface area contributed by atoms with E-state index in [0.717, 1.165) is 44.1 Å². The summed E-state index contributed by atoms with van der Waals surface area (Å²) >= 11 is 0. The average Bonchev–Trinajstić information content (AvgIpc) is 3.10. The first-order chi connectivity index (χ1) is 16.6. The minimum Gasteiger partial charge on any atom is -0.379 e. The van der Waals surface area contributed by atoms with Crippen molar-refractivity contribution in [2.24, 2.45) is 0 Å². The smallest absolute Gasteiger partial charge is 0.261 e. The van der Waals surface area contributed by atoms with Crippen molar-refractivity contribution in [1.82, 2.24) is 9.80 Å². The molecule has 2 aliphatic rings. The molecule has 0 spiro atoms. The molecule has 7 heteroatoms. The Kier molecular flexibility index (Phi) is 6.20. The van der Waals surface area contributed by atoms with Crippen LogP contribution in [0.5, 0.6) is 0 Å². The van der Waals surface area contributed by atoms with E-state index in [2.05, 4.69) is 10.2 Å². The van der Waals surface area contributed by atoms with Gasteiger partial charge in [0.25, 0.3) is 17.7 Å². The van der Waals surface area contributed by atoms with E-state index in [1.165, 1.54) is 4.90 Å². The summed E-state index contributed by atoms with van der Waals surface area (Å²) in [4.78, 5) is 41.8. The minimum atomic E-state index is -0.312. The van der Waals surface area contributed by atoms with Gasteiger partial charge in [0.1, 0.15) is 0 Å². The number of nitrogens with one attached hydrogen (secondary N) is 1. The summed E-state index contributed by atoms with van der Waals surface area (Å²) in [6.07, 6.45) is 0. The molecule has 7 nitrogen and oxygen atoms in total. The zero-order valence-corrected chi connectivity index (χ0v) is 18.7. The lowest BCUT2D eigenvalue weighted by molar-refractivity contribution is 0.0342. The number of nitrogens with zero attached hydrogens (tertiary/aromatic N) is 2. The number of imide groups is 1. The summed E-state index contributed by atoms with van der Waals surface area (Å²) in [5.74, 6) is -0.868. The topological polar surface area (TPSA) is 79.0 Å². The van der Waals surface area contributed by atoms with Crippen molar-refractivity contribution in [2.75, 3.05) is 31.6 Å². The second kappa shape index (κ2) is 9.59. The molecule has 1 N–H and O–H groups in total. The highest BCUT2D eigenvalue weighted by atomic mass is 16.5. The van der Waals surface area contributed by atoms with E-state index < -0.39 is 0 Å². The molecule has 5 rings (SSSR count). The molecule has 0 saturated carbocycles. The van der Waals surface area contributed by atoms with Gasteiger partial charge in [0.05, 0.1) is 30.9 Å². The van der Waals surface area contributed by atoms with Gasteiger partial charge >= 0.3 is 0 Å². The summed E-state index contributed by atoms with van der Waals surface area (Å²) in [5.41, 5.74) is 3.85. The number of carbonyl (C=O) groups is 3. The molecule has 2 heterocycles. The molecule has 0 bridgehead atoms. The predicted octanol–water partition coefficient (Wildman–Crippen LogP) is 3.57. The van der Waals surface area contributed by atoms with E-state index in [1.54, 1.807) is 42.5 Å². The molecule has 3 aromatic rings. The van der Waals surface area contributed by atoms with Crippen LogP contribution in [0.3, 0.4) is 0 Å². The Morgan fingerprint density at radius 3 is 2.15 bits per heavy atom. The van der Waals surface area contributed by atoms with Crippen molar-refractivity contribution in [3.05, 3.63) is 101 Å². The Balaban J connectivity index is 1.26. The van der Waals surface area contributed by atoms with Gasteiger partial charge in [-0.2, -0.15) is 0 Å². The van der Waals surface area contributed by atoms with Crippen LogP contribution in [0.25, 0.3) is 0 Å². The third-order valence-corrected chi connectivity index (χ3v) is 6.10. The molecular weight excluding hydrogens is 430 g/mol. The fourth-order valence-corrected chi connectivity index (χ4v) is 4.34. The maximum Gasteiger partial charge on any atom is 0.261 e. The van der Waals surface area contributed by atoms with Gasteiger partial charge in [0.15, 0.2) is 0 Å². The lowest BCUT2D eigenvalue weighted by Gasteiger charge is -2.26. The number of ether oxygens (including phenoxy) is 1. The van der Waals surface area contributed by atoms with Crippen LogP contribution in [0.4, 0.5) is 5.69 Å². The molecule has 0 unspecified atom stereocenters. The van der Waals surface area contributed by atoms with Crippen LogP contribution < -0.4 is 5.32 Å². The van der Waals surface area contributed by atoms with Crippen LogP contribution >= 0.6 is 0 Å². The highest BCUT2D eigenvalue weighted by Crippen LogP contribution is 2.24. The van der Waals surface area contributed by atoms with Crippen molar-refractivity contribution in [3.8, 4) is 0 Å².